The number of benzene rings is 3. The smallest absolute Gasteiger partial charge is 0.192 e. The molecule has 7 rings (SSSR count). The van der Waals surface area contributed by atoms with Gasteiger partial charge >= 0.3 is 0 Å². The molecular formula is C43H55N5O6Si. The van der Waals surface area contributed by atoms with Gasteiger partial charge < -0.3 is 32.7 Å². The number of unbranched alkanes of at least 4 members (excludes halogenated alkanes) is 1. The van der Waals surface area contributed by atoms with Crippen molar-refractivity contribution in [3.63, 3.8) is 0 Å². The van der Waals surface area contributed by atoms with Crippen LogP contribution in [0.5, 0.6) is 5.75 Å². The number of hydrogen-bond donors (Lipinski definition) is 1. The summed E-state index contributed by atoms with van der Waals surface area (Å²) in [7, 11) is -0.347. The van der Waals surface area contributed by atoms with E-state index in [1.165, 1.54) is 0 Å². The van der Waals surface area contributed by atoms with E-state index in [2.05, 4.69) is 75.2 Å². The summed E-state index contributed by atoms with van der Waals surface area (Å²) in [6.45, 7) is 16.5. The number of nitrogens with one attached hydrogen (secondary N) is 1. The van der Waals surface area contributed by atoms with Crippen LogP contribution < -0.4 is 10.2 Å². The van der Waals surface area contributed by atoms with Crippen LogP contribution >= 0.6 is 0 Å². The third-order valence-electron chi connectivity index (χ3n) is 11.4. The molecule has 5 aromatic rings. The van der Waals surface area contributed by atoms with Crippen LogP contribution in [0, 0.1) is 5.41 Å². The van der Waals surface area contributed by atoms with E-state index in [4.69, 9.17) is 38.5 Å². The molecule has 0 spiro atoms. The van der Waals surface area contributed by atoms with Gasteiger partial charge in [-0.05, 0) is 73.6 Å². The Hall–Kier alpha value is -4.17. The lowest BCUT2D eigenvalue weighted by molar-refractivity contribution is -0.199. The highest BCUT2D eigenvalue weighted by Gasteiger charge is 2.56. The van der Waals surface area contributed by atoms with Crippen molar-refractivity contribution < 1.29 is 28.1 Å². The largest absolute Gasteiger partial charge is 0.497 e. The maximum absolute atomic E-state index is 9.11. The molecule has 3 aromatic carbocycles. The Morgan fingerprint density at radius 1 is 0.818 bits per heavy atom. The van der Waals surface area contributed by atoms with Crippen molar-refractivity contribution in [3.05, 3.63) is 120 Å². The Bertz CT molecular complexity index is 2070. The maximum Gasteiger partial charge on any atom is 0.192 e. The summed E-state index contributed by atoms with van der Waals surface area (Å²) >= 11 is 0. The number of rotatable bonds is 14. The van der Waals surface area contributed by atoms with Crippen molar-refractivity contribution in [3.8, 4) is 5.75 Å². The Morgan fingerprint density at radius 3 is 2.05 bits per heavy atom. The molecule has 0 saturated carbocycles. The first kappa shape index (κ1) is 39.1. The molecule has 2 aliphatic heterocycles. The second kappa shape index (κ2) is 15.4. The van der Waals surface area contributed by atoms with Crippen molar-refractivity contribution in [1.29, 1.82) is 5.41 Å². The van der Waals surface area contributed by atoms with Gasteiger partial charge in [-0.2, -0.15) is 0 Å². The molecule has 0 bridgehead atoms. The van der Waals surface area contributed by atoms with Gasteiger partial charge in [0, 0.05) is 13.2 Å². The van der Waals surface area contributed by atoms with Gasteiger partial charge in [0.05, 0.1) is 26.4 Å². The number of hydrogen-bond acceptors (Lipinski definition) is 9. The van der Waals surface area contributed by atoms with Gasteiger partial charge in [0.15, 0.2) is 31.5 Å². The highest BCUT2D eigenvalue weighted by Crippen LogP contribution is 2.45. The van der Waals surface area contributed by atoms with Crippen LogP contribution in [0.3, 0.4) is 0 Å². The van der Waals surface area contributed by atoms with Gasteiger partial charge in [0.25, 0.3) is 0 Å². The van der Waals surface area contributed by atoms with Crippen molar-refractivity contribution in [2.75, 3.05) is 20.3 Å². The number of methoxy groups -OCH3 is 1. The van der Waals surface area contributed by atoms with E-state index in [0.29, 0.717) is 36.4 Å². The van der Waals surface area contributed by atoms with E-state index in [1.807, 2.05) is 71.5 Å². The molecule has 2 aromatic heterocycles. The summed E-state index contributed by atoms with van der Waals surface area (Å²) in [4.78, 5) is 9.48. The normalized spacial score (nSPS) is 21.2. The molecule has 55 heavy (non-hydrogen) atoms. The minimum Gasteiger partial charge on any atom is -0.497 e. The van der Waals surface area contributed by atoms with Crippen molar-refractivity contribution in [2.45, 2.75) is 108 Å². The number of ether oxygens (including phenoxy) is 5. The van der Waals surface area contributed by atoms with E-state index in [9.17, 15) is 0 Å². The first-order valence-corrected chi connectivity index (χ1v) is 22.2. The molecule has 1 N–H and O–H groups in total. The van der Waals surface area contributed by atoms with Gasteiger partial charge in [-0.3, -0.25) is 9.98 Å². The lowest BCUT2D eigenvalue weighted by Gasteiger charge is -2.37. The lowest BCUT2D eigenvalue weighted by atomic mass is 9.80. The monoisotopic (exact) mass is 765 g/mol. The molecule has 2 aliphatic rings. The highest BCUT2D eigenvalue weighted by atomic mass is 28.4. The SMILES string of the molecule is COc1ccc(C(OCCCCn2cnc3c(ncn3[C@@H]3O[C@H](CO[Si](C)(C)C(C)(C)C)[C@H]4OC(C)(C)O[C@H]43)c2=N)(c2ccccc2)c2ccccc2)cc1. The Morgan fingerprint density at radius 2 is 1.44 bits per heavy atom. The van der Waals surface area contributed by atoms with Crippen LogP contribution in [-0.2, 0) is 35.5 Å². The molecule has 4 heterocycles. The molecule has 11 nitrogen and oxygen atoms in total. The fourth-order valence-corrected chi connectivity index (χ4v) is 8.39. The zero-order valence-corrected chi connectivity index (χ0v) is 34.3. The molecule has 4 atom stereocenters. The number of aryl methyl sites for hydroxylation is 1. The summed E-state index contributed by atoms with van der Waals surface area (Å²) < 4.78 is 42.2. The first-order chi connectivity index (χ1) is 26.2. The molecule has 2 saturated heterocycles. The second-order valence-electron chi connectivity index (χ2n) is 16.5. The van der Waals surface area contributed by atoms with Crippen molar-refractivity contribution in [1.82, 2.24) is 19.1 Å². The third-order valence-corrected chi connectivity index (χ3v) is 15.9. The Balaban J connectivity index is 1.06. The van der Waals surface area contributed by atoms with Crippen LogP contribution in [0.4, 0.5) is 0 Å². The van der Waals surface area contributed by atoms with E-state index in [0.717, 1.165) is 35.3 Å². The number of nitrogens with zero attached hydrogens (tertiary/aromatic N) is 4. The van der Waals surface area contributed by atoms with Crippen LogP contribution in [0.15, 0.2) is 97.6 Å². The topological polar surface area (TPSA) is 115 Å². The zero-order chi connectivity index (χ0) is 39.0. The zero-order valence-electron chi connectivity index (χ0n) is 33.3. The summed E-state index contributed by atoms with van der Waals surface area (Å²) in [5.74, 6) is 0.0262. The molecular weight excluding hydrogens is 711 g/mol. The summed E-state index contributed by atoms with van der Waals surface area (Å²) in [6.07, 6.45) is 3.44. The van der Waals surface area contributed by atoms with Gasteiger partial charge in [-0.25, -0.2) is 9.97 Å². The third kappa shape index (κ3) is 7.68. The fourth-order valence-electron chi connectivity index (χ4n) is 7.38. The van der Waals surface area contributed by atoms with Crippen molar-refractivity contribution >= 4 is 19.5 Å². The molecule has 0 amide bonds. The Kier molecular flexibility index (Phi) is 10.9. The van der Waals surface area contributed by atoms with Crippen LogP contribution in [0.2, 0.25) is 18.1 Å². The van der Waals surface area contributed by atoms with Crippen LogP contribution in [-0.4, -0.2) is 71.8 Å². The summed E-state index contributed by atoms with van der Waals surface area (Å²) in [5.41, 5.74) is 3.66. The summed E-state index contributed by atoms with van der Waals surface area (Å²) in [5, 5.41) is 9.18. The predicted molar refractivity (Wildman–Crippen MR) is 213 cm³/mol. The molecule has 0 radical (unpaired) electrons. The number of imidazole rings is 1. The predicted octanol–water partition coefficient (Wildman–Crippen LogP) is 7.95. The van der Waals surface area contributed by atoms with Crippen molar-refractivity contribution in [2.24, 2.45) is 0 Å². The second-order valence-corrected chi connectivity index (χ2v) is 21.3. The van der Waals surface area contributed by atoms with E-state index in [-0.39, 0.29) is 23.4 Å². The fraction of sp³-hybridized carbons (Fsp3) is 0.465. The highest BCUT2D eigenvalue weighted by molar-refractivity contribution is 6.74. The lowest BCUT2D eigenvalue weighted by Crippen LogP contribution is -2.44. The first-order valence-electron chi connectivity index (χ1n) is 19.3. The van der Waals surface area contributed by atoms with E-state index in [1.54, 1.807) is 19.8 Å². The Labute approximate surface area is 325 Å². The molecule has 2 fully saturated rings. The quantitative estimate of drug-likeness (QED) is 0.0689. The van der Waals surface area contributed by atoms with Crippen LogP contribution in [0.1, 0.15) is 70.4 Å². The molecule has 292 valence electrons. The average molecular weight is 766 g/mol. The molecule has 12 heteroatoms. The van der Waals surface area contributed by atoms with Crippen LogP contribution in [0.25, 0.3) is 11.2 Å². The van der Waals surface area contributed by atoms with Gasteiger partial charge in [0.1, 0.15) is 35.2 Å². The van der Waals surface area contributed by atoms with Gasteiger partial charge in [-0.1, -0.05) is 93.6 Å². The molecule has 0 aliphatic carbocycles. The maximum atomic E-state index is 9.11. The number of fused-ring (bicyclic) bond motifs is 2. The standard InChI is InChI=1S/C43H55N5O6Si/c1-41(2,3)55(7,8)51-27-34-36-37(54-42(4,5)53-36)40(52-34)48-29-45-35-38(44)47(28-46-39(35)48)25-15-16-26-50-43(30-17-11-9-12-18-30,31-19-13-10-14-20-31)32-21-23-33(49-6)24-22-32/h9-14,17-24,28-29,34,36-37,40,44H,15-16,25-27H2,1-8H3/t34-,36-,37-,40-/m1/s1. The summed E-state index contributed by atoms with van der Waals surface area (Å²) in [6, 6.07) is 28.8. The van der Waals surface area contributed by atoms with E-state index < -0.39 is 25.9 Å². The van der Waals surface area contributed by atoms with E-state index >= 15 is 0 Å². The molecule has 0 unspecified atom stereocenters. The number of aromatic nitrogens is 4. The minimum absolute atomic E-state index is 0.0697. The average Bonchev–Trinajstić information content (AvgIpc) is 3.84. The van der Waals surface area contributed by atoms with Gasteiger partial charge in [0.2, 0.25) is 0 Å². The van der Waals surface area contributed by atoms with Gasteiger partial charge in [-0.15, -0.1) is 0 Å². The minimum atomic E-state index is -2.02.